The van der Waals surface area contributed by atoms with Crippen LogP contribution in [0.25, 0.3) is 0 Å². The molecule has 0 spiro atoms. The lowest BCUT2D eigenvalue weighted by Gasteiger charge is -2.34. The predicted octanol–water partition coefficient (Wildman–Crippen LogP) is 3.78. The van der Waals surface area contributed by atoms with E-state index in [9.17, 15) is 18.0 Å². The summed E-state index contributed by atoms with van der Waals surface area (Å²) in [6.45, 7) is 4.43. The number of aryl methyl sites for hydroxylation is 1. The van der Waals surface area contributed by atoms with Crippen molar-refractivity contribution < 1.29 is 22.7 Å². The van der Waals surface area contributed by atoms with E-state index >= 15 is 0 Å². The van der Waals surface area contributed by atoms with E-state index in [0.29, 0.717) is 24.5 Å². The topological polar surface area (TPSA) is 44.8 Å². The Morgan fingerprint density at radius 1 is 1.07 bits per heavy atom. The highest BCUT2D eigenvalue weighted by atomic mass is 19.4. The van der Waals surface area contributed by atoms with Crippen LogP contribution in [-0.2, 0) is 11.0 Å². The number of nitrogens with one attached hydrogen (secondary N) is 1. The summed E-state index contributed by atoms with van der Waals surface area (Å²) >= 11 is 0. The van der Waals surface area contributed by atoms with E-state index in [-0.39, 0.29) is 12.3 Å². The van der Waals surface area contributed by atoms with Crippen molar-refractivity contribution in [2.24, 2.45) is 0 Å². The minimum absolute atomic E-state index is 0.270. The Morgan fingerprint density at radius 2 is 1.72 bits per heavy atom. The number of hydrogen-bond acceptors (Lipinski definition) is 4. The number of likely N-dealkylation sites (N-methyl/N-ethyl adjacent to an activating group) is 1. The normalized spacial score (nSPS) is 15.3. The molecule has 1 N–H and O–H groups in total. The highest BCUT2D eigenvalue weighted by molar-refractivity contribution is 5.93. The molecule has 2 aromatic rings. The fourth-order valence-corrected chi connectivity index (χ4v) is 3.11. The van der Waals surface area contributed by atoms with Crippen molar-refractivity contribution in [3.05, 3.63) is 53.6 Å². The Balaban J connectivity index is 1.70. The number of carbonyl (C=O) groups is 1. The lowest BCUT2D eigenvalue weighted by atomic mass is 10.1. The maximum Gasteiger partial charge on any atom is 0.418 e. The van der Waals surface area contributed by atoms with Gasteiger partial charge in [-0.15, -0.1) is 0 Å². The van der Waals surface area contributed by atoms with E-state index in [1.165, 1.54) is 6.07 Å². The average Bonchev–Trinajstić information content (AvgIpc) is 2.68. The van der Waals surface area contributed by atoms with Crippen LogP contribution in [0.5, 0.6) is 5.75 Å². The molecule has 0 bridgehead atoms. The molecule has 1 aliphatic rings. The van der Waals surface area contributed by atoms with Gasteiger partial charge in [-0.2, -0.15) is 13.2 Å². The van der Waals surface area contributed by atoms with Crippen LogP contribution in [0.4, 0.5) is 24.5 Å². The summed E-state index contributed by atoms with van der Waals surface area (Å²) in [5.41, 5.74) is 0.405. The van der Waals surface area contributed by atoms with Crippen molar-refractivity contribution in [2.45, 2.75) is 13.1 Å². The molecule has 156 valence electrons. The zero-order valence-electron chi connectivity index (χ0n) is 16.4. The standard InChI is InChI=1S/C21H24F3N3O2/c1-15-3-6-17(7-4-15)29-14-20(28)25-19-8-5-16(13-18(19)21(22,23)24)27-11-9-26(2)10-12-27/h3-8,13H,9-12,14H2,1-2H3,(H,25,28). The lowest BCUT2D eigenvalue weighted by molar-refractivity contribution is -0.137. The fourth-order valence-electron chi connectivity index (χ4n) is 3.11. The molecule has 0 atom stereocenters. The van der Waals surface area contributed by atoms with Gasteiger partial charge in [-0.25, -0.2) is 0 Å². The number of halogens is 3. The van der Waals surface area contributed by atoms with E-state index < -0.39 is 17.6 Å². The number of carbonyl (C=O) groups excluding carboxylic acids is 1. The molecule has 0 aromatic heterocycles. The zero-order chi connectivity index (χ0) is 21.0. The summed E-state index contributed by atoms with van der Waals surface area (Å²) in [5.74, 6) is -0.171. The summed E-state index contributed by atoms with van der Waals surface area (Å²) in [5, 5.41) is 2.33. The third-order valence-electron chi connectivity index (χ3n) is 4.84. The van der Waals surface area contributed by atoms with Crippen molar-refractivity contribution >= 4 is 17.3 Å². The molecule has 2 aromatic carbocycles. The van der Waals surface area contributed by atoms with E-state index in [4.69, 9.17) is 4.74 Å². The first-order chi connectivity index (χ1) is 13.7. The predicted molar refractivity (Wildman–Crippen MR) is 106 cm³/mol. The second kappa shape index (κ2) is 8.73. The Bertz CT molecular complexity index is 845. The molecule has 0 saturated carbocycles. The van der Waals surface area contributed by atoms with Gasteiger partial charge in [-0.05, 0) is 44.3 Å². The third-order valence-corrected chi connectivity index (χ3v) is 4.84. The highest BCUT2D eigenvalue weighted by Gasteiger charge is 2.35. The van der Waals surface area contributed by atoms with E-state index in [1.54, 1.807) is 18.2 Å². The van der Waals surface area contributed by atoms with Crippen LogP contribution < -0.4 is 15.0 Å². The number of alkyl halides is 3. The van der Waals surface area contributed by atoms with Gasteiger partial charge < -0.3 is 19.9 Å². The van der Waals surface area contributed by atoms with Crippen molar-refractivity contribution in [2.75, 3.05) is 50.1 Å². The third kappa shape index (κ3) is 5.63. The number of rotatable bonds is 5. The Kier molecular flexibility index (Phi) is 6.32. The van der Waals surface area contributed by atoms with Gasteiger partial charge in [0.1, 0.15) is 5.75 Å². The lowest BCUT2D eigenvalue weighted by Crippen LogP contribution is -2.44. The minimum Gasteiger partial charge on any atom is -0.484 e. The van der Waals surface area contributed by atoms with E-state index in [2.05, 4.69) is 10.2 Å². The summed E-state index contributed by atoms with van der Waals surface area (Å²) in [4.78, 5) is 16.2. The molecule has 0 unspecified atom stereocenters. The van der Waals surface area contributed by atoms with Crippen LogP contribution in [0.15, 0.2) is 42.5 Å². The first-order valence-electron chi connectivity index (χ1n) is 9.36. The van der Waals surface area contributed by atoms with Gasteiger partial charge in [0.25, 0.3) is 5.91 Å². The monoisotopic (exact) mass is 407 g/mol. The van der Waals surface area contributed by atoms with Crippen molar-refractivity contribution in [3.63, 3.8) is 0 Å². The zero-order valence-corrected chi connectivity index (χ0v) is 16.4. The molecule has 1 aliphatic heterocycles. The van der Waals surface area contributed by atoms with Crippen LogP contribution >= 0.6 is 0 Å². The number of hydrogen-bond donors (Lipinski definition) is 1. The number of piperazine rings is 1. The number of nitrogens with zero attached hydrogens (tertiary/aromatic N) is 2. The maximum absolute atomic E-state index is 13.6. The summed E-state index contributed by atoms with van der Waals surface area (Å²) in [7, 11) is 1.98. The SMILES string of the molecule is Cc1ccc(OCC(=O)Nc2ccc(N3CCN(C)CC3)cc2C(F)(F)F)cc1. The van der Waals surface area contributed by atoms with Crippen LogP contribution in [-0.4, -0.2) is 50.6 Å². The smallest absolute Gasteiger partial charge is 0.418 e. The second-order valence-corrected chi connectivity index (χ2v) is 7.17. The van der Waals surface area contributed by atoms with Gasteiger partial charge >= 0.3 is 6.18 Å². The van der Waals surface area contributed by atoms with Gasteiger partial charge in [0.15, 0.2) is 6.61 Å². The van der Waals surface area contributed by atoms with Gasteiger partial charge in [0.05, 0.1) is 11.3 Å². The summed E-state index contributed by atoms with van der Waals surface area (Å²) < 4.78 is 46.1. The van der Waals surface area contributed by atoms with Crippen LogP contribution in [0.2, 0.25) is 0 Å². The second-order valence-electron chi connectivity index (χ2n) is 7.17. The maximum atomic E-state index is 13.6. The molecule has 29 heavy (non-hydrogen) atoms. The van der Waals surface area contributed by atoms with Crippen LogP contribution in [0, 0.1) is 6.92 Å². The van der Waals surface area contributed by atoms with Crippen LogP contribution in [0.1, 0.15) is 11.1 Å². The minimum atomic E-state index is -4.58. The van der Waals surface area contributed by atoms with Crippen molar-refractivity contribution in [1.29, 1.82) is 0 Å². The van der Waals surface area contributed by atoms with Gasteiger partial charge in [-0.3, -0.25) is 4.79 Å². The molecule has 0 aliphatic carbocycles. The van der Waals surface area contributed by atoms with Gasteiger partial charge in [0, 0.05) is 31.9 Å². The highest BCUT2D eigenvalue weighted by Crippen LogP contribution is 2.37. The molecule has 1 fully saturated rings. The number of ether oxygens (including phenoxy) is 1. The molecule has 1 amide bonds. The van der Waals surface area contributed by atoms with Crippen molar-refractivity contribution in [3.8, 4) is 5.75 Å². The largest absolute Gasteiger partial charge is 0.484 e. The first kappa shape index (κ1) is 21.0. The molecule has 0 radical (unpaired) electrons. The van der Waals surface area contributed by atoms with E-state index in [0.717, 1.165) is 24.7 Å². The number of anilines is 2. The molecule has 1 heterocycles. The molecule has 1 saturated heterocycles. The van der Waals surface area contributed by atoms with Crippen molar-refractivity contribution in [1.82, 2.24) is 4.90 Å². The summed E-state index contributed by atoms with van der Waals surface area (Å²) in [6.07, 6.45) is -4.58. The average molecular weight is 407 g/mol. The molecular weight excluding hydrogens is 383 g/mol. The van der Waals surface area contributed by atoms with Gasteiger partial charge in [0.2, 0.25) is 0 Å². The summed E-state index contributed by atoms with van der Waals surface area (Å²) in [6, 6.07) is 11.1. The Labute approximate surface area is 168 Å². The number of amides is 1. The Hall–Kier alpha value is -2.74. The fraction of sp³-hybridized carbons (Fsp3) is 0.381. The molecular formula is C21H24F3N3O2. The first-order valence-corrected chi connectivity index (χ1v) is 9.36. The van der Waals surface area contributed by atoms with Crippen LogP contribution in [0.3, 0.4) is 0 Å². The Morgan fingerprint density at radius 3 is 2.34 bits per heavy atom. The number of benzene rings is 2. The van der Waals surface area contributed by atoms with Gasteiger partial charge in [-0.1, -0.05) is 17.7 Å². The van der Waals surface area contributed by atoms with E-state index in [1.807, 2.05) is 31.0 Å². The molecule has 5 nitrogen and oxygen atoms in total. The molecule has 8 heteroatoms. The quantitative estimate of drug-likeness (QED) is 0.819. The molecule has 3 rings (SSSR count).